The molecule has 0 spiro atoms. The smallest absolute Gasteiger partial charge is 0.250 e. The summed E-state index contributed by atoms with van der Waals surface area (Å²) in [5.41, 5.74) is 4.00. The number of nitrogens with zero attached hydrogens (tertiary/aromatic N) is 1. The van der Waals surface area contributed by atoms with E-state index in [9.17, 15) is 4.79 Å². The summed E-state index contributed by atoms with van der Waals surface area (Å²) in [5, 5.41) is 3.45. The van der Waals surface area contributed by atoms with Crippen LogP contribution in [-0.2, 0) is 4.79 Å². The molecule has 2 aromatic carbocycles. The molecule has 0 unspecified atom stereocenters. The summed E-state index contributed by atoms with van der Waals surface area (Å²) >= 11 is 1.47. The molecule has 5 nitrogen and oxygen atoms in total. The number of hydrogen-bond donors (Lipinski definition) is 1. The minimum absolute atomic E-state index is 0.227. The van der Waals surface area contributed by atoms with Gasteiger partial charge >= 0.3 is 0 Å². The number of thiazole rings is 1. The van der Waals surface area contributed by atoms with Crippen LogP contribution in [0.4, 0.5) is 5.13 Å². The highest BCUT2D eigenvalue weighted by atomic mass is 32.1. The average molecular weight is 465 g/mol. The zero-order valence-electron chi connectivity index (χ0n) is 19.8. The Labute approximate surface area is 200 Å². The molecule has 0 bridgehead atoms. The molecular weight excluding hydrogens is 432 g/mol. The highest BCUT2D eigenvalue weighted by Gasteiger charge is 2.11. The van der Waals surface area contributed by atoms with E-state index in [1.165, 1.54) is 42.2 Å². The normalized spacial score (nSPS) is 11.0. The number of aromatic nitrogens is 1. The molecule has 0 saturated carbocycles. The lowest BCUT2D eigenvalue weighted by Gasteiger charge is -2.11. The van der Waals surface area contributed by atoms with Gasteiger partial charge in [-0.25, -0.2) is 4.98 Å². The summed E-state index contributed by atoms with van der Waals surface area (Å²) in [4.78, 5) is 18.1. The van der Waals surface area contributed by atoms with Gasteiger partial charge in [-0.1, -0.05) is 62.1 Å². The molecule has 1 aromatic heterocycles. The number of anilines is 1. The Kier molecular flexibility index (Phi) is 9.07. The fourth-order valence-electron chi connectivity index (χ4n) is 3.37. The van der Waals surface area contributed by atoms with Gasteiger partial charge in [-0.2, -0.15) is 0 Å². The zero-order valence-corrected chi connectivity index (χ0v) is 20.6. The predicted molar refractivity (Wildman–Crippen MR) is 137 cm³/mol. The summed E-state index contributed by atoms with van der Waals surface area (Å²) in [5.74, 6) is 1.15. The van der Waals surface area contributed by atoms with E-state index in [4.69, 9.17) is 9.47 Å². The number of rotatable bonds is 11. The molecule has 174 valence electrons. The van der Waals surface area contributed by atoms with Crippen LogP contribution in [0.15, 0.2) is 48.5 Å². The molecule has 3 aromatic rings. The fraction of sp³-hybridized carbons (Fsp3) is 0.333. The van der Waals surface area contributed by atoms with E-state index in [-0.39, 0.29) is 5.91 Å². The van der Waals surface area contributed by atoms with E-state index >= 15 is 0 Å². The average Bonchev–Trinajstić information content (AvgIpc) is 3.18. The van der Waals surface area contributed by atoms with E-state index in [1.54, 1.807) is 13.2 Å². The number of methoxy groups -OCH3 is 1. The van der Waals surface area contributed by atoms with Crippen LogP contribution in [0.2, 0.25) is 0 Å². The SMILES string of the molecule is CCCCCCOc1ccc(/C=C/C(=O)Nc2nc(-c3ccc(C)cc3)c(C)s2)cc1OC. The number of nitrogens with one attached hydrogen (secondary N) is 1. The van der Waals surface area contributed by atoms with Crippen LogP contribution in [-0.4, -0.2) is 24.6 Å². The molecule has 3 rings (SSSR count). The van der Waals surface area contributed by atoms with Crippen molar-refractivity contribution in [3.8, 4) is 22.8 Å². The Bertz CT molecular complexity index is 1090. The van der Waals surface area contributed by atoms with Gasteiger partial charge in [-0.05, 0) is 44.0 Å². The molecule has 1 heterocycles. The molecule has 1 N–H and O–H groups in total. The van der Waals surface area contributed by atoms with E-state index in [0.717, 1.165) is 33.9 Å². The molecule has 33 heavy (non-hydrogen) atoms. The van der Waals surface area contributed by atoms with Gasteiger partial charge in [0.1, 0.15) is 0 Å². The third-order valence-electron chi connectivity index (χ3n) is 5.22. The van der Waals surface area contributed by atoms with E-state index in [0.29, 0.717) is 17.5 Å². The Balaban J connectivity index is 1.60. The van der Waals surface area contributed by atoms with Crippen molar-refractivity contribution in [3.63, 3.8) is 0 Å². The van der Waals surface area contributed by atoms with Crippen molar-refractivity contribution < 1.29 is 14.3 Å². The second kappa shape index (κ2) is 12.2. The first-order valence-corrected chi connectivity index (χ1v) is 12.2. The van der Waals surface area contributed by atoms with Crippen LogP contribution in [0.3, 0.4) is 0 Å². The molecule has 0 radical (unpaired) electrons. The molecular formula is C27H32N2O3S. The molecule has 0 fully saturated rings. The molecule has 0 saturated heterocycles. The Morgan fingerprint density at radius 1 is 1.06 bits per heavy atom. The fourth-order valence-corrected chi connectivity index (χ4v) is 4.20. The number of carbonyl (C=O) groups is 1. The van der Waals surface area contributed by atoms with Crippen LogP contribution < -0.4 is 14.8 Å². The number of ether oxygens (including phenoxy) is 2. The first kappa shape index (κ1) is 24.5. The highest BCUT2D eigenvalue weighted by molar-refractivity contribution is 7.16. The van der Waals surface area contributed by atoms with Gasteiger partial charge in [0.05, 0.1) is 19.4 Å². The van der Waals surface area contributed by atoms with Crippen LogP contribution in [0, 0.1) is 13.8 Å². The predicted octanol–water partition coefficient (Wildman–Crippen LogP) is 7.05. The highest BCUT2D eigenvalue weighted by Crippen LogP contribution is 2.31. The molecule has 0 aliphatic rings. The Morgan fingerprint density at radius 3 is 2.58 bits per heavy atom. The van der Waals surface area contributed by atoms with Gasteiger partial charge in [0.2, 0.25) is 5.91 Å². The van der Waals surface area contributed by atoms with Gasteiger partial charge in [-0.3, -0.25) is 10.1 Å². The summed E-state index contributed by atoms with van der Waals surface area (Å²) < 4.78 is 11.3. The number of unbranched alkanes of at least 4 members (excludes halogenated alkanes) is 3. The summed E-state index contributed by atoms with van der Waals surface area (Å²) in [6.45, 7) is 6.93. The van der Waals surface area contributed by atoms with E-state index in [1.807, 2.05) is 25.1 Å². The van der Waals surface area contributed by atoms with Crippen molar-refractivity contribution in [2.75, 3.05) is 19.0 Å². The first-order chi connectivity index (χ1) is 16.0. The lowest BCUT2D eigenvalue weighted by Crippen LogP contribution is -2.07. The van der Waals surface area contributed by atoms with Crippen molar-refractivity contribution in [2.45, 2.75) is 46.5 Å². The van der Waals surface area contributed by atoms with Crippen LogP contribution in [0.25, 0.3) is 17.3 Å². The number of benzene rings is 2. The molecule has 0 atom stereocenters. The third-order valence-corrected chi connectivity index (χ3v) is 6.11. The van der Waals surface area contributed by atoms with Crippen molar-refractivity contribution in [3.05, 3.63) is 64.5 Å². The number of amides is 1. The summed E-state index contributed by atoms with van der Waals surface area (Å²) in [7, 11) is 1.62. The topological polar surface area (TPSA) is 60.5 Å². The van der Waals surface area contributed by atoms with Gasteiger partial charge < -0.3 is 9.47 Å². The Hall–Kier alpha value is -3.12. The molecule has 1 amide bonds. The summed E-state index contributed by atoms with van der Waals surface area (Å²) in [6, 6.07) is 13.9. The second-order valence-corrected chi connectivity index (χ2v) is 9.14. The number of carbonyl (C=O) groups excluding carboxylic acids is 1. The van der Waals surface area contributed by atoms with Gasteiger partial charge in [0.25, 0.3) is 0 Å². The summed E-state index contributed by atoms with van der Waals surface area (Å²) in [6.07, 6.45) is 7.88. The third kappa shape index (κ3) is 7.19. The minimum Gasteiger partial charge on any atom is -0.493 e. The van der Waals surface area contributed by atoms with Crippen molar-refractivity contribution >= 4 is 28.5 Å². The van der Waals surface area contributed by atoms with Gasteiger partial charge in [-0.15, -0.1) is 11.3 Å². The van der Waals surface area contributed by atoms with Crippen molar-refractivity contribution in [2.24, 2.45) is 0 Å². The lowest BCUT2D eigenvalue weighted by molar-refractivity contribution is -0.111. The minimum atomic E-state index is -0.227. The van der Waals surface area contributed by atoms with Gasteiger partial charge in [0.15, 0.2) is 16.6 Å². The van der Waals surface area contributed by atoms with E-state index in [2.05, 4.69) is 48.4 Å². The van der Waals surface area contributed by atoms with Crippen LogP contribution >= 0.6 is 11.3 Å². The molecule has 0 aliphatic carbocycles. The van der Waals surface area contributed by atoms with Gasteiger partial charge in [0, 0.05) is 16.5 Å². The molecule has 0 aliphatic heterocycles. The maximum Gasteiger partial charge on any atom is 0.250 e. The maximum atomic E-state index is 12.4. The maximum absolute atomic E-state index is 12.4. The number of hydrogen-bond acceptors (Lipinski definition) is 5. The monoisotopic (exact) mass is 464 g/mol. The standard InChI is InChI=1S/C27H32N2O3S/c1-5-6-7-8-17-32-23-15-11-21(18-24(23)31-4)12-16-25(30)28-27-29-26(20(3)33-27)22-13-9-19(2)10-14-22/h9-16,18H,5-8,17H2,1-4H3,(H,28,29,30)/b16-12+. The lowest BCUT2D eigenvalue weighted by atomic mass is 10.1. The molecule has 6 heteroatoms. The number of aryl methyl sites for hydroxylation is 2. The Morgan fingerprint density at radius 2 is 1.85 bits per heavy atom. The first-order valence-electron chi connectivity index (χ1n) is 11.3. The van der Waals surface area contributed by atoms with Crippen LogP contribution in [0.5, 0.6) is 11.5 Å². The zero-order chi connectivity index (χ0) is 23.6. The second-order valence-electron chi connectivity index (χ2n) is 7.93. The largest absolute Gasteiger partial charge is 0.493 e. The van der Waals surface area contributed by atoms with Crippen molar-refractivity contribution in [1.82, 2.24) is 4.98 Å². The van der Waals surface area contributed by atoms with Crippen molar-refractivity contribution in [1.29, 1.82) is 0 Å². The van der Waals surface area contributed by atoms with E-state index < -0.39 is 0 Å². The van der Waals surface area contributed by atoms with Crippen LogP contribution in [0.1, 0.15) is 48.6 Å². The quantitative estimate of drug-likeness (QED) is 0.244.